The summed E-state index contributed by atoms with van der Waals surface area (Å²) in [5.41, 5.74) is 21.8. The molecule has 3 heterocycles. The van der Waals surface area contributed by atoms with Gasteiger partial charge in [0.05, 0.1) is 17.1 Å². The number of fused-ring (bicyclic) bond motifs is 1. The third-order valence-electron chi connectivity index (χ3n) is 8.21. The molecule has 0 unspecified atom stereocenters. The molecule has 3 aromatic heterocycles. The average Bonchev–Trinajstić information content (AvgIpc) is 3.85. The van der Waals surface area contributed by atoms with Crippen LogP contribution in [0.4, 0.5) is 0 Å². The zero-order valence-electron chi connectivity index (χ0n) is 23.0. The van der Waals surface area contributed by atoms with Crippen molar-refractivity contribution in [1.29, 1.82) is 0 Å². The molecule has 0 saturated heterocycles. The number of benzene rings is 1. The number of aliphatic imine (C=N–C) groups is 1. The molecule has 2 fully saturated rings. The second-order valence-corrected chi connectivity index (χ2v) is 11.9. The van der Waals surface area contributed by atoms with Gasteiger partial charge in [0.15, 0.2) is 5.96 Å². The van der Waals surface area contributed by atoms with E-state index in [9.17, 15) is 4.79 Å². The number of H-pyrrole nitrogens is 1. The van der Waals surface area contributed by atoms with Crippen LogP contribution in [0, 0.1) is 0 Å². The molecule has 0 bridgehead atoms. The molecule has 41 heavy (non-hydrogen) atoms. The van der Waals surface area contributed by atoms with Crippen molar-refractivity contribution in [3.8, 4) is 17.1 Å². The maximum absolute atomic E-state index is 13.0. The number of hydrogen-bond acceptors (Lipinski definition) is 6. The highest BCUT2D eigenvalue weighted by atomic mass is 35.5. The first-order chi connectivity index (χ1) is 19.7. The van der Waals surface area contributed by atoms with Gasteiger partial charge in [-0.25, -0.2) is 9.78 Å². The van der Waals surface area contributed by atoms with Crippen molar-refractivity contribution in [2.45, 2.75) is 62.4 Å². The van der Waals surface area contributed by atoms with Gasteiger partial charge in [0, 0.05) is 29.2 Å². The molecule has 10 nitrogen and oxygen atoms in total. The maximum atomic E-state index is 13.0. The Morgan fingerprint density at radius 3 is 2.56 bits per heavy atom. The fourth-order valence-corrected chi connectivity index (χ4v) is 5.68. The molecular formula is C30H36ClN9O. The van der Waals surface area contributed by atoms with E-state index in [1.165, 1.54) is 5.56 Å². The predicted molar refractivity (Wildman–Crippen MR) is 163 cm³/mol. The van der Waals surface area contributed by atoms with Gasteiger partial charge in [-0.2, -0.15) is 4.98 Å². The minimum Gasteiger partial charge on any atom is -0.370 e. The number of nitrogens with two attached hydrogens (primary N) is 3. The largest absolute Gasteiger partial charge is 0.370 e. The lowest BCUT2D eigenvalue weighted by molar-refractivity contribution is 0.512. The van der Waals surface area contributed by atoms with Crippen molar-refractivity contribution in [2.24, 2.45) is 22.2 Å². The van der Waals surface area contributed by atoms with Crippen molar-refractivity contribution in [1.82, 2.24) is 24.8 Å². The highest BCUT2D eigenvalue weighted by molar-refractivity contribution is 6.29. The summed E-state index contributed by atoms with van der Waals surface area (Å²) in [6.45, 7) is 1.43. The number of rotatable bonds is 12. The summed E-state index contributed by atoms with van der Waals surface area (Å²) in [6.07, 6.45) is 9.97. The SMILES string of the molecule is NC(N)=NCCCNC1(c2ccc(-n3cc4cc(-c5cc(CCCC6(N)CC6)cc(Cl)n5)[nH]c4nc3=O)cc2)CC1. The fraction of sp³-hybridized carbons (Fsp3) is 0.400. The Hall–Kier alpha value is -3.73. The van der Waals surface area contributed by atoms with E-state index >= 15 is 0 Å². The van der Waals surface area contributed by atoms with E-state index in [2.05, 4.69) is 37.4 Å². The van der Waals surface area contributed by atoms with Gasteiger partial charge in [-0.3, -0.25) is 9.56 Å². The number of pyridine rings is 1. The summed E-state index contributed by atoms with van der Waals surface area (Å²) in [7, 11) is 0. The Morgan fingerprint density at radius 2 is 1.85 bits per heavy atom. The van der Waals surface area contributed by atoms with Crippen molar-refractivity contribution >= 4 is 28.6 Å². The van der Waals surface area contributed by atoms with E-state index in [-0.39, 0.29) is 22.7 Å². The molecule has 4 aromatic rings. The number of nitrogens with one attached hydrogen (secondary N) is 2. The van der Waals surface area contributed by atoms with Crippen LogP contribution in [0.5, 0.6) is 0 Å². The van der Waals surface area contributed by atoms with Crippen molar-refractivity contribution in [3.05, 3.63) is 75.4 Å². The highest BCUT2D eigenvalue weighted by Gasteiger charge is 2.43. The molecule has 0 atom stereocenters. The standard InChI is InChI=1S/C30H36ClN9O/c31-25-16-19(3-1-8-29(34)9-10-29)15-23(37-25)24-17-20-18-40(28(41)39-26(20)38-24)22-6-4-21(5-7-22)30(11-12-30)36-14-2-13-35-27(32)33/h4-7,15-18,36H,1-3,8-14,34H2,(H4,32,33,35)(H,38,39,41). The maximum Gasteiger partial charge on any atom is 0.354 e. The number of aromatic amines is 1. The van der Waals surface area contributed by atoms with E-state index in [0.29, 0.717) is 17.3 Å². The number of aromatic nitrogens is 4. The van der Waals surface area contributed by atoms with Crippen LogP contribution in [0.3, 0.4) is 0 Å². The molecule has 11 heteroatoms. The molecule has 2 aliphatic carbocycles. The number of guanidine groups is 1. The van der Waals surface area contributed by atoms with Gasteiger partial charge in [0.1, 0.15) is 10.8 Å². The first kappa shape index (κ1) is 27.4. The minimum atomic E-state index is -0.354. The van der Waals surface area contributed by atoms with E-state index in [0.717, 1.165) is 85.9 Å². The molecule has 1 aromatic carbocycles. The third-order valence-corrected chi connectivity index (χ3v) is 8.40. The average molecular weight is 574 g/mol. The van der Waals surface area contributed by atoms with Gasteiger partial charge in [-0.1, -0.05) is 23.7 Å². The lowest BCUT2D eigenvalue weighted by Crippen LogP contribution is -2.30. The van der Waals surface area contributed by atoms with Crippen LogP contribution in [0.25, 0.3) is 28.1 Å². The summed E-state index contributed by atoms with van der Waals surface area (Å²) in [4.78, 5) is 29.1. The molecule has 2 aliphatic rings. The normalized spacial score (nSPS) is 16.5. The zero-order valence-corrected chi connectivity index (χ0v) is 23.8. The number of hydrogen-bond donors (Lipinski definition) is 5. The smallest absolute Gasteiger partial charge is 0.354 e. The van der Waals surface area contributed by atoms with E-state index in [4.69, 9.17) is 28.8 Å². The van der Waals surface area contributed by atoms with Gasteiger partial charge >= 0.3 is 5.69 Å². The molecule has 0 spiro atoms. The predicted octanol–water partition coefficient (Wildman–Crippen LogP) is 3.49. The molecule has 2 saturated carbocycles. The highest BCUT2D eigenvalue weighted by Crippen LogP contribution is 2.45. The lowest BCUT2D eigenvalue weighted by atomic mass is 10.0. The summed E-state index contributed by atoms with van der Waals surface area (Å²) < 4.78 is 1.57. The van der Waals surface area contributed by atoms with Crippen LogP contribution in [-0.2, 0) is 12.0 Å². The minimum absolute atomic E-state index is 0.0222. The number of halogens is 1. The zero-order chi connectivity index (χ0) is 28.6. The van der Waals surface area contributed by atoms with Gasteiger partial charge in [-0.05, 0) is 99.4 Å². The summed E-state index contributed by atoms with van der Waals surface area (Å²) in [5.74, 6) is 0.121. The third kappa shape index (κ3) is 6.29. The van der Waals surface area contributed by atoms with Gasteiger partial charge in [0.25, 0.3) is 0 Å². The van der Waals surface area contributed by atoms with Gasteiger partial charge in [-0.15, -0.1) is 0 Å². The Morgan fingerprint density at radius 1 is 1.07 bits per heavy atom. The number of aryl methyl sites for hydroxylation is 1. The van der Waals surface area contributed by atoms with Crippen LogP contribution < -0.4 is 28.2 Å². The van der Waals surface area contributed by atoms with Crippen LogP contribution >= 0.6 is 11.6 Å². The van der Waals surface area contributed by atoms with Crippen LogP contribution in [-0.4, -0.2) is 44.1 Å². The second kappa shape index (κ2) is 10.9. The molecule has 6 rings (SSSR count). The molecule has 214 valence electrons. The fourth-order valence-electron chi connectivity index (χ4n) is 5.45. The van der Waals surface area contributed by atoms with E-state index in [1.807, 2.05) is 36.5 Å². The van der Waals surface area contributed by atoms with Gasteiger partial charge in [0.2, 0.25) is 0 Å². The first-order valence-electron chi connectivity index (χ1n) is 14.2. The first-order valence-corrected chi connectivity index (χ1v) is 14.6. The molecular weight excluding hydrogens is 538 g/mol. The Bertz CT molecular complexity index is 1640. The lowest BCUT2D eigenvalue weighted by Gasteiger charge is -2.18. The van der Waals surface area contributed by atoms with Crippen molar-refractivity contribution < 1.29 is 0 Å². The summed E-state index contributed by atoms with van der Waals surface area (Å²) >= 11 is 6.37. The Balaban J connectivity index is 1.18. The molecule has 0 amide bonds. The van der Waals surface area contributed by atoms with E-state index < -0.39 is 0 Å². The van der Waals surface area contributed by atoms with Crippen molar-refractivity contribution in [2.75, 3.05) is 13.1 Å². The molecule has 0 radical (unpaired) electrons. The quantitative estimate of drug-likeness (QED) is 0.0748. The monoisotopic (exact) mass is 573 g/mol. The van der Waals surface area contributed by atoms with Crippen LogP contribution in [0.15, 0.2) is 58.4 Å². The second-order valence-electron chi connectivity index (χ2n) is 11.5. The molecule has 8 N–H and O–H groups in total. The molecule has 0 aliphatic heterocycles. The van der Waals surface area contributed by atoms with E-state index in [1.54, 1.807) is 4.57 Å². The van der Waals surface area contributed by atoms with Crippen molar-refractivity contribution in [3.63, 3.8) is 0 Å². The summed E-state index contributed by atoms with van der Waals surface area (Å²) in [5, 5.41) is 4.90. The van der Waals surface area contributed by atoms with Crippen LogP contribution in [0.2, 0.25) is 5.15 Å². The Kier molecular flexibility index (Phi) is 7.31. The van der Waals surface area contributed by atoms with Gasteiger partial charge < -0.3 is 27.5 Å². The summed E-state index contributed by atoms with van der Waals surface area (Å²) in [6, 6.07) is 14.0. The van der Waals surface area contributed by atoms with Crippen LogP contribution in [0.1, 0.15) is 56.1 Å². The topological polar surface area (TPSA) is 166 Å². The Labute approximate surface area is 243 Å². The number of nitrogens with zero attached hydrogens (tertiary/aromatic N) is 4.